The van der Waals surface area contributed by atoms with Crippen LogP contribution in [-0.2, 0) is 24.0 Å². The van der Waals surface area contributed by atoms with Crippen molar-refractivity contribution in [1.82, 2.24) is 10.1 Å². The van der Waals surface area contributed by atoms with Gasteiger partial charge >= 0.3 is 5.97 Å². The van der Waals surface area contributed by atoms with E-state index < -0.39 is 29.6 Å². The van der Waals surface area contributed by atoms with Gasteiger partial charge in [0.1, 0.15) is 0 Å². The second-order valence-electron chi connectivity index (χ2n) is 3.74. The van der Waals surface area contributed by atoms with Crippen LogP contribution in [0.5, 0.6) is 0 Å². The first-order valence-electron chi connectivity index (χ1n) is 5.65. The van der Waals surface area contributed by atoms with Crippen molar-refractivity contribution in [3.8, 4) is 0 Å². The summed E-state index contributed by atoms with van der Waals surface area (Å²) >= 11 is 0. The molecule has 0 aromatic carbocycles. The quantitative estimate of drug-likeness (QED) is 0.327. The maximum Gasteiger partial charge on any atom is 0.327 e. The van der Waals surface area contributed by atoms with E-state index in [0.717, 1.165) is 6.08 Å². The summed E-state index contributed by atoms with van der Waals surface area (Å²) < 4.78 is 0. The number of carboxylic acids is 1. The Bertz CT molecular complexity index is 407. The molecule has 116 valence electrons. The van der Waals surface area contributed by atoms with E-state index in [1.54, 1.807) is 0 Å². The Morgan fingerprint density at radius 3 is 1.10 bits per heavy atom. The Morgan fingerprint density at radius 1 is 0.857 bits per heavy atom. The predicted molar refractivity (Wildman–Crippen MR) is 63.6 cm³/mol. The number of carbonyl (C=O) groups excluding carboxylic acids is 4. The Balaban J connectivity index is 0.000000296. The number of hydroxylamine groups is 4. The highest BCUT2D eigenvalue weighted by atomic mass is 16.5. The fraction of sp³-hybridized carbons (Fsp3) is 0.364. The highest BCUT2D eigenvalue weighted by Crippen LogP contribution is 2.07. The first kappa shape index (κ1) is 18.4. The number of imide groups is 2. The molecule has 2 aliphatic heterocycles. The lowest BCUT2D eigenvalue weighted by molar-refractivity contribution is -0.172. The smallest absolute Gasteiger partial charge is 0.327 e. The van der Waals surface area contributed by atoms with Gasteiger partial charge in [0.25, 0.3) is 23.6 Å². The van der Waals surface area contributed by atoms with E-state index in [1.807, 2.05) is 0 Å². The van der Waals surface area contributed by atoms with Crippen LogP contribution in [0.1, 0.15) is 25.7 Å². The number of nitrogens with zero attached hydrogens (tertiary/aromatic N) is 2. The van der Waals surface area contributed by atoms with Crippen molar-refractivity contribution in [2.45, 2.75) is 25.7 Å². The van der Waals surface area contributed by atoms with Crippen molar-refractivity contribution in [3.63, 3.8) is 0 Å². The van der Waals surface area contributed by atoms with Gasteiger partial charge in [0.2, 0.25) is 0 Å². The average molecular weight is 302 g/mol. The molecule has 0 unspecified atom stereocenters. The van der Waals surface area contributed by atoms with Crippen LogP contribution in [-0.4, -0.2) is 55.2 Å². The molecule has 2 saturated heterocycles. The van der Waals surface area contributed by atoms with Crippen LogP contribution < -0.4 is 0 Å². The van der Waals surface area contributed by atoms with Gasteiger partial charge in [-0.1, -0.05) is 6.58 Å². The van der Waals surface area contributed by atoms with Crippen molar-refractivity contribution < 1.29 is 39.5 Å². The zero-order valence-corrected chi connectivity index (χ0v) is 10.9. The highest BCUT2D eigenvalue weighted by Gasteiger charge is 2.27. The van der Waals surface area contributed by atoms with Crippen molar-refractivity contribution in [2.24, 2.45) is 0 Å². The minimum Gasteiger partial charge on any atom is -0.478 e. The summed E-state index contributed by atoms with van der Waals surface area (Å²) in [5.74, 6) is -3.00. The number of carboxylic acid groups (broad SMARTS) is 1. The largest absolute Gasteiger partial charge is 0.478 e. The molecule has 0 saturated carbocycles. The molecular formula is C11H14N2O8. The Labute approximate surface area is 118 Å². The van der Waals surface area contributed by atoms with Gasteiger partial charge in [0.15, 0.2) is 0 Å². The third kappa shape index (κ3) is 6.40. The van der Waals surface area contributed by atoms with Gasteiger partial charge in [0.05, 0.1) is 0 Å². The summed E-state index contributed by atoms with van der Waals surface area (Å²) in [6, 6.07) is 0. The zero-order chi connectivity index (χ0) is 16.6. The summed E-state index contributed by atoms with van der Waals surface area (Å²) in [6.07, 6.45) is 1.43. The van der Waals surface area contributed by atoms with Crippen LogP contribution in [0.3, 0.4) is 0 Å². The summed E-state index contributed by atoms with van der Waals surface area (Å²) in [4.78, 5) is 50.2. The average Bonchev–Trinajstić information content (AvgIpc) is 2.90. The second-order valence-corrected chi connectivity index (χ2v) is 3.74. The predicted octanol–water partition coefficient (Wildman–Crippen LogP) is -0.694. The van der Waals surface area contributed by atoms with Crippen molar-refractivity contribution >= 4 is 29.6 Å². The standard InChI is InChI=1S/2C4H5NO3.C3H4O2/c2*6-3-1-2-4(7)5(3)8;1-2-3(4)5/h2*8H,1-2H2;2H,1H2,(H,4,5). The molecule has 2 fully saturated rings. The Kier molecular flexibility index (Phi) is 7.50. The lowest BCUT2D eigenvalue weighted by atomic mass is 10.4. The normalized spacial score (nSPS) is 17.0. The van der Waals surface area contributed by atoms with Crippen LogP contribution in [0, 0.1) is 0 Å². The van der Waals surface area contributed by atoms with Crippen LogP contribution in [0.15, 0.2) is 12.7 Å². The molecule has 0 radical (unpaired) electrons. The maximum absolute atomic E-state index is 10.2. The minimum absolute atomic E-state index is 0.148. The van der Waals surface area contributed by atoms with Crippen molar-refractivity contribution in [3.05, 3.63) is 12.7 Å². The van der Waals surface area contributed by atoms with Gasteiger partial charge in [-0.3, -0.25) is 29.6 Å². The van der Waals surface area contributed by atoms with Crippen molar-refractivity contribution in [1.29, 1.82) is 0 Å². The molecule has 10 nitrogen and oxygen atoms in total. The van der Waals surface area contributed by atoms with Crippen LogP contribution in [0.2, 0.25) is 0 Å². The van der Waals surface area contributed by atoms with E-state index >= 15 is 0 Å². The van der Waals surface area contributed by atoms with Crippen molar-refractivity contribution in [2.75, 3.05) is 0 Å². The first-order chi connectivity index (χ1) is 9.70. The van der Waals surface area contributed by atoms with Gasteiger partial charge in [-0.25, -0.2) is 4.79 Å². The topological polar surface area (TPSA) is 153 Å². The molecule has 0 spiro atoms. The van der Waals surface area contributed by atoms with E-state index in [2.05, 4.69) is 6.58 Å². The van der Waals surface area contributed by atoms with E-state index in [1.165, 1.54) is 0 Å². The lowest BCUT2D eigenvalue weighted by Gasteiger charge is -1.98. The Morgan fingerprint density at radius 2 is 1.05 bits per heavy atom. The molecular weight excluding hydrogens is 288 g/mol. The zero-order valence-electron chi connectivity index (χ0n) is 10.9. The molecule has 0 bridgehead atoms. The van der Waals surface area contributed by atoms with E-state index in [-0.39, 0.29) is 35.8 Å². The fourth-order valence-corrected chi connectivity index (χ4v) is 1.13. The van der Waals surface area contributed by atoms with Gasteiger partial charge < -0.3 is 5.11 Å². The van der Waals surface area contributed by atoms with Crippen LogP contribution in [0.4, 0.5) is 0 Å². The molecule has 0 atom stereocenters. The van der Waals surface area contributed by atoms with E-state index in [0.29, 0.717) is 0 Å². The molecule has 0 aliphatic carbocycles. The number of hydrogen-bond acceptors (Lipinski definition) is 7. The van der Waals surface area contributed by atoms with Gasteiger partial charge in [0, 0.05) is 31.8 Å². The number of aliphatic carboxylic acids is 1. The molecule has 0 aromatic heterocycles. The summed E-state index contributed by atoms with van der Waals surface area (Å²) in [6.45, 7) is 2.96. The first-order valence-corrected chi connectivity index (χ1v) is 5.65. The summed E-state index contributed by atoms with van der Waals surface area (Å²) in [5, 5.41) is 24.7. The SMILES string of the molecule is C=CC(=O)O.O=C1CCC(=O)N1O.O=C1CCC(=O)N1O. The fourth-order valence-electron chi connectivity index (χ4n) is 1.13. The number of rotatable bonds is 1. The molecule has 3 N–H and O–H groups in total. The minimum atomic E-state index is -0.981. The van der Waals surface area contributed by atoms with Gasteiger partial charge in [-0.15, -0.1) is 0 Å². The Hall–Kier alpha value is -2.59. The number of carbonyl (C=O) groups is 5. The third-order valence-electron chi connectivity index (χ3n) is 2.23. The molecule has 2 aliphatic rings. The third-order valence-corrected chi connectivity index (χ3v) is 2.23. The number of hydrogen-bond donors (Lipinski definition) is 3. The summed E-state index contributed by atoms with van der Waals surface area (Å²) in [5.41, 5.74) is 0. The maximum atomic E-state index is 10.2. The van der Waals surface area contributed by atoms with Crippen LogP contribution >= 0.6 is 0 Å². The van der Waals surface area contributed by atoms with E-state index in [9.17, 15) is 24.0 Å². The monoisotopic (exact) mass is 302 g/mol. The molecule has 0 aromatic rings. The highest BCUT2D eigenvalue weighted by molar-refractivity contribution is 6.00. The molecule has 10 heteroatoms. The molecule has 4 amide bonds. The lowest BCUT2D eigenvalue weighted by Crippen LogP contribution is -2.24. The summed E-state index contributed by atoms with van der Waals surface area (Å²) in [7, 11) is 0. The number of amides is 4. The molecule has 2 heterocycles. The molecule has 21 heavy (non-hydrogen) atoms. The van der Waals surface area contributed by atoms with Gasteiger partial charge in [-0.2, -0.15) is 10.1 Å². The van der Waals surface area contributed by atoms with Gasteiger partial charge in [-0.05, 0) is 0 Å². The second kappa shape index (κ2) is 8.55. The van der Waals surface area contributed by atoms with Crippen LogP contribution in [0.25, 0.3) is 0 Å². The molecule has 2 rings (SSSR count). The van der Waals surface area contributed by atoms with E-state index in [4.69, 9.17) is 15.5 Å².